The standard InChI is InChI=1S/C12H8BrClFNO2/c13-8-3-2-7(11(15)10(8)14)12(17)9-4-1-6(5-16)18-9/h1-4H,5,16H2. The number of hydrogen-bond donors (Lipinski definition) is 1. The van der Waals surface area contributed by atoms with Crippen LogP contribution in [-0.4, -0.2) is 5.78 Å². The van der Waals surface area contributed by atoms with Crippen molar-refractivity contribution in [1.29, 1.82) is 0 Å². The van der Waals surface area contributed by atoms with Gasteiger partial charge in [-0.1, -0.05) is 11.6 Å². The van der Waals surface area contributed by atoms with Crippen molar-refractivity contribution in [2.24, 2.45) is 5.73 Å². The minimum Gasteiger partial charge on any atom is -0.456 e. The molecule has 2 rings (SSSR count). The molecule has 0 saturated heterocycles. The fourth-order valence-corrected chi connectivity index (χ4v) is 1.91. The molecule has 0 fully saturated rings. The quantitative estimate of drug-likeness (QED) is 0.691. The Bertz CT molecular complexity index is 612. The molecule has 0 spiro atoms. The molecule has 2 aromatic rings. The predicted octanol–water partition coefficient (Wildman–Crippen LogP) is 3.52. The minimum atomic E-state index is -0.776. The SMILES string of the molecule is NCc1ccc(C(=O)c2ccc(Br)c(Cl)c2F)o1. The third-order valence-electron chi connectivity index (χ3n) is 2.37. The average Bonchev–Trinajstić information content (AvgIpc) is 2.84. The van der Waals surface area contributed by atoms with Crippen LogP contribution in [-0.2, 0) is 6.54 Å². The highest BCUT2D eigenvalue weighted by Gasteiger charge is 2.20. The molecule has 6 heteroatoms. The second-order valence-corrected chi connectivity index (χ2v) is 4.75. The second-order valence-electron chi connectivity index (χ2n) is 3.52. The number of rotatable bonds is 3. The molecular formula is C12H8BrClFNO2. The van der Waals surface area contributed by atoms with E-state index in [1.54, 1.807) is 6.07 Å². The Balaban J connectivity index is 2.43. The van der Waals surface area contributed by atoms with Crippen molar-refractivity contribution >= 4 is 33.3 Å². The van der Waals surface area contributed by atoms with E-state index in [1.165, 1.54) is 18.2 Å². The van der Waals surface area contributed by atoms with E-state index in [0.29, 0.717) is 10.2 Å². The van der Waals surface area contributed by atoms with Crippen molar-refractivity contribution in [1.82, 2.24) is 0 Å². The highest BCUT2D eigenvalue weighted by atomic mass is 79.9. The van der Waals surface area contributed by atoms with Crippen LogP contribution >= 0.6 is 27.5 Å². The van der Waals surface area contributed by atoms with Crippen molar-refractivity contribution in [3.8, 4) is 0 Å². The number of furan rings is 1. The maximum absolute atomic E-state index is 13.8. The number of carbonyl (C=O) groups is 1. The lowest BCUT2D eigenvalue weighted by Crippen LogP contribution is -2.04. The lowest BCUT2D eigenvalue weighted by Gasteiger charge is -2.03. The number of nitrogens with two attached hydrogens (primary N) is 1. The van der Waals surface area contributed by atoms with Crippen molar-refractivity contribution in [2.45, 2.75) is 6.54 Å². The average molecular weight is 333 g/mol. The predicted molar refractivity (Wildman–Crippen MR) is 69.1 cm³/mol. The van der Waals surface area contributed by atoms with Crippen molar-refractivity contribution in [2.75, 3.05) is 0 Å². The molecule has 0 radical (unpaired) electrons. The molecule has 0 aliphatic carbocycles. The fraction of sp³-hybridized carbons (Fsp3) is 0.0833. The van der Waals surface area contributed by atoms with Crippen molar-refractivity contribution in [3.05, 3.63) is 56.7 Å². The maximum Gasteiger partial charge on any atom is 0.231 e. The molecule has 0 aliphatic rings. The van der Waals surface area contributed by atoms with Gasteiger partial charge in [-0.05, 0) is 40.2 Å². The zero-order valence-electron chi connectivity index (χ0n) is 9.04. The van der Waals surface area contributed by atoms with Crippen LogP contribution in [0.15, 0.2) is 33.2 Å². The highest BCUT2D eigenvalue weighted by Crippen LogP contribution is 2.28. The zero-order valence-corrected chi connectivity index (χ0v) is 11.4. The molecule has 0 aliphatic heterocycles. The van der Waals surface area contributed by atoms with E-state index < -0.39 is 11.6 Å². The number of carbonyl (C=O) groups excluding carboxylic acids is 1. The zero-order chi connectivity index (χ0) is 13.3. The Morgan fingerprint density at radius 2 is 2.11 bits per heavy atom. The topological polar surface area (TPSA) is 56.2 Å². The summed E-state index contributed by atoms with van der Waals surface area (Å²) in [5.41, 5.74) is 5.23. The first kappa shape index (κ1) is 13.3. The van der Waals surface area contributed by atoms with Gasteiger partial charge in [-0.15, -0.1) is 0 Å². The number of benzene rings is 1. The molecule has 94 valence electrons. The Kier molecular flexibility index (Phi) is 3.85. The molecule has 3 nitrogen and oxygen atoms in total. The van der Waals surface area contributed by atoms with Gasteiger partial charge in [-0.25, -0.2) is 4.39 Å². The number of hydrogen-bond acceptors (Lipinski definition) is 3. The van der Waals surface area contributed by atoms with E-state index >= 15 is 0 Å². The van der Waals surface area contributed by atoms with E-state index in [2.05, 4.69) is 15.9 Å². The van der Waals surface area contributed by atoms with Crippen LogP contribution in [0.4, 0.5) is 4.39 Å². The lowest BCUT2D eigenvalue weighted by molar-refractivity contribution is 0.100. The molecule has 0 amide bonds. The molecule has 1 aromatic carbocycles. The van der Waals surface area contributed by atoms with Crippen LogP contribution in [0.3, 0.4) is 0 Å². The molecule has 0 atom stereocenters. The monoisotopic (exact) mass is 331 g/mol. The van der Waals surface area contributed by atoms with Crippen LogP contribution in [0.1, 0.15) is 21.9 Å². The first-order chi connectivity index (χ1) is 8.54. The van der Waals surface area contributed by atoms with Gasteiger partial charge in [0, 0.05) is 4.47 Å². The van der Waals surface area contributed by atoms with E-state index in [1.807, 2.05) is 0 Å². The summed E-state index contributed by atoms with van der Waals surface area (Å²) in [5, 5.41) is -0.133. The summed E-state index contributed by atoms with van der Waals surface area (Å²) in [4.78, 5) is 12.0. The third-order valence-corrected chi connectivity index (χ3v) is 3.63. The van der Waals surface area contributed by atoms with Gasteiger partial charge in [-0.2, -0.15) is 0 Å². The summed E-state index contributed by atoms with van der Waals surface area (Å²) in [6.45, 7) is 0.177. The van der Waals surface area contributed by atoms with Crippen LogP contribution in [0, 0.1) is 5.82 Å². The minimum absolute atomic E-state index is 0.0349. The largest absolute Gasteiger partial charge is 0.456 e. The first-order valence-electron chi connectivity index (χ1n) is 5.01. The second kappa shape index (κ2) is 5.22. The van der Waals surface area contributed by atoms with Gasteiger partial charge < -0.3 is 10.2 Å². The summed E-state index contributed by atoms with van der Waals surface area (Å²) in [7, 11) is 0. The molecule has 0 bridgehead atoms. The summed E-state index contributed by atoms with van der Waals surface area (Å²) in [5.74, 6) is -0.849. The summed E-state index contributed by atoms with van der Waals surface area (Å²) in [6, 6.07) is 5.88. The summed E-state index contributed by atoms with van der Waals surface area (Å²) < 4.78 is 19.4. The van der Waals surface area contributed by atoms with Gasteiger partial charge in [0.2, 0.25) is 5.78 Å². The van der Waals surface area contributed by atoms with Gasteiger partial charge in [0.1, 0.15) is 5.76 Å². The Hall–Kier alpha value is -1.17. The van der Waals surface area contributed by atoms with Crippen LogP contribution in [0.25, 0.3) is 0 Å². The Morgan fingerprint density at radius 1 is 1.39 bits per heavy atom. The highest BCUT2D eigenvalue weighted by molar-refractivity contribution is 9.10. The molecular weight excluding hydrogens is 324 g/mol. The maximum atomic E-state index is 13.8. The number of ketones is 1. The molecule has 2 N–H and O–H groups in total. The fourth-order valence-electron chi connectivity index (χ4n) is 1.44. The van der Waals surface area contributed by atoms with Crippen LogP contribution in [0.2, 0.25) is 5.02 Å². The van der Waals surface area contributed by atoms with Crippen molar-refractivity contribution < 1.29 is 13.6 Å². The summed E-state index contributed by atoms with van der Waals surface area (Å²) >= 11 is 8.80. The Labute approximate surface area is 116 Å². The normalized spacial score (nSPS) is 10.7. The van der Waals surface area contributed by atoms with E-state index in [0.717, 1.165) is 0 Å². The van der Waals surface area contributed by atoms with Gasteiger partial charge in [0.05, 0.1) is 17.1 Å². The van der Waals surface area contributed by atoms with Gasteiger partial charge in [0.15, 0.2) is 11.6 Å². The molecule has 0 unspecified atom stereocenters. The molecule has 18 heavy (non-hydrogen) atoms. The third kappa shape index (κ3) is 2.34. The van der Waals surface area contributed by atoms with Gasteiger partial charge in [0.25, 0.3) is 0 Å². The van der Waals surface area contributed by atoms with Gasteiger partial charge in [-0.3, -0.25) is 4.79 Å². The van der Waals surface area contributed by atoms with Crippen molar-refractivity contribution in [3.63, 3.8) is 0 Å². The van der Waals surface area contributed by atoms with E-state index in [4.69, 9.17) is 21.8 Å². The molecule has 1 heterocycles. The smallest absolute Gasteiger partial charge is 0.231 e. The van der Waals surface area contributed by atoms with Crippen LogP contribution in [0.5, 0.6) is 0 Å². The molecule has 1 aromatic heterocycles. The first-order valence-corrected chi connectivity index (χ1v) is 6.18. The van der Waals surface area contributed by atoms with Gasteiger partial charge >= 0.3 is 0 Å². The molecule has 0 saturated carbocycles. The van der Waals surface area contributed by atoms with E-state index in [9.17, 15) is 9.18 Å². The lowest BCUT2D eigenvalue weighted by atomic mass is 10.1. The van der Waals surface area contributed by atoms with E-state index in [-0.39, 0.29) is 22.9 Å². The summed E-state index contributed by atoms with van der Waals surface area (Å²) in [6.07, 6.45) is 0. The Morgan fingerprint density at radius 3 is 2.72 bits per heavy atom. The number of halogens is 3. The van der Waals surface area contributed by atoms with Crippen LogP contribution < -0.4 is 5.73 Å².